The predicted molar refractivity (Wildman–Crippen MR) is 74.6 cm³/mol. The van der Waals surface area contributed by atoms with Crippen LogP contribution in [0, 0.1) is 12.7 Å². The van der Waals surface area contributed by atoms with E-state index in [0.717, 1.165) is 0 Å². The Morgan fingerprint density at radius 3 is 2.55 bits per heavy atom. The van der Waals surface area contributed by atoms with Crippen LogP contribution in [0.15, 0.2) is 36.7 Å². The summed E-state index contributed by atoms with van der Waals surface area (Å²) in [7, 11) is 0. The molecular weight excluding hydrogens is 257 g/mol. The van der Waals surface area contributed by atoms with Gasteiger partial charge in [-0.2, -0.15) is 0 Å². The Balaban J connectivity index is 2.33. The standard InChI is InChI=1S/C16H16FNO2/c1-10(2)20-15-7-13(8-18-9-15)16(19)12-4-11(3)5-14(17)6-12/h4-10H,1-3H3. The molecule has 4 heteroatoms. The second-order valence-electron chi connectivity index (χ2n) is 4.92. The summed E-state index contributed by atoms with van der Waals surface area (Å²) in [6, 6.07) is 5.88. The second kappa shape index (κ2) is 5.82. The van der Waals surface area contributed by atoms with Gasteiger partial charge < -0.3 is 4.74 Å². The fourth-order valence-electron chi connectivity index (χ4n) is 1.91. The number of ketones is 1. The number of aromatic nitrogens is 1. The van der Waals surface area contributed by atoms with Crippen molar-refractivity contribution in [2.24, 2.45) is 0 Å². The maximum Gasteiger partial charge on any atom is 0.194 e. The molecule has 0 saturated carbocycles. The van der Waals surface area contributed by atoms with E-state index in [-0.39, 0.29) is 11.9 Å². The molecule has 1 heterocycles. The first-order chi connectivity index (χ1) is 9.45. The molecule has 1 aromatic heterocycles. The van der Waals surface area contributed by atoms with Gasteiger partial charge >= 0.3 is 0 Å². The highest BCUT2D eigenvalue weighted by molar-refractivity contribution is 6.09. The minimum Gasteiger partial charge on any atom is -0.489 e. The Labute approximate surface area is 117 Å². The summed E-state index contributed by atoms with van der Waals surface area (Å²) in [5, 5.41) is 0. The largest absolute Gasteiger partial charge is 0.489 e. The second-order valence-corrected chi connectivity index (χ2v) is 4.92. The van der Waals surface area contributed by atoms with Crippen LogP contribution in [0.1, 0.15) is 35.3 Å². The number of aryl methyl sites for hydroxylation is 1. The minimum atomic E-state index is -0.420. The summed E-state index contributed by atoms with van der Waals surface area (Å²) < 4.78 is 18.9. The third-order valence-corrected chi connectivity index (χ3v) is 2.65. The Hall–Kier alpha value is -2.23. The molecule has 0 amide bonds. The highest BCUT2D eigenvalue weighted by Crippen LogP contribution is 2.17. The number of nitrogens with zero attached hydrogens (tertiary/aromatic N) is 1. The average Bonchev–Trinajstić information content (AvgIpc) is 2.36. The molecule has 0 bridgehead atoms. The highest BCUT2D eigenvalue weighted by atomic mass is 19.1. The summed E-state index contributed by atoms with van der Waals surface area (Å²) in [4.78, 5) is 16.3. The third kappa shape index (κ3) is 3.41. The number of halogens is 1. The number of pyridine rings is 1. The number of hydrogen-bond acceptors (Lipinski definition) is 3. The molecule has 2 aromatic rings. The molecule has 0 aliphatic heterocycles. The van der Waals surface area contributed by atoms with Gasteiger partial charge in [-0.25, -0.2) is 4.39 Å². The summed E-state index contributed by atoms with van der Waals surface area (Å²) >= 11 is 0. The van der Waals surface area contributed by atoms with Crippen LogP contribution >= 0.6 is 0 Å². The zero-order valence-corrected chi connectivity index (χ0v) is 11.7. The topological polar surface area (TPSA) is 39.2 Å². The van der Waals surface area contributed by atoms with Crippen molar-refractivity contribution in [3.8, 4) is 5.75 Å². The van der Waals surface area contributed by atoms with Gasteiger partial charge in [0.2, 0.25) is 0 Å². The van der Waals surface area contributed by atoms with Gasteiger partial charge in [0, 0.05) is 17.3 Å². The Morgan fingerprint density at radius 2 is 1.90 bits per heavy atom. The molecule has 20 heavy (non-hydrogen) atoms. The molecule has 0 fully saturated rings. The van der Waals surface area contributed by atoms with Crippen molar-refractivity contribution in [2.75, 3.05) is 0 Å². The van der Waals surface area contributed by atoms with E-state index in [4.69, 9.17) is 4.74 Å². The number of carbonyl (C=O) groups is 1. The summed E-state index contributed by atoms with van der Waals surface area (Å²) in [5.74, 6) is -0.163. The van der Waals surface area contributed by atoms with E-state index in [9.17, 15) is 9.18 Å². The van der Waals surface area contributed by atoms with Crippen molar-refractivity contribution < 1.29 is 13.9 Å². The molecule has 0 unspecified atom stereocenters. The van der Waals surface area contributed by atoms with Crippen LogP contribution in [0.5, 0.6) is 5.75 Å². The van der Waals surface area contributed by atoms with Crippen LogP contribution in [0.4, 0.5) is 4.39 Å². The molecular formula is C16H16FNO2. The maximum atomic E-state index is 13.4. The molecule has 0 atom stereocenters. The molecule has 1 aromatic carbocycles. The lowest BCUT2D eigenvalue weighted by molar-refractivity contribution is 0.103. The zero-order valence-electron chi connectivity index (χ0n) is 11.7. The van der Waals surface area contributed by atoms with Crippen molar-refractivity contribution in [1.29, 1.82) is 0 Å². The normalized spacial score (nSPS) is 10.7. The molecule has 0 aliphatic carbocycles. The lowest BCUT2D eigenvalue weighted by Crippen LogP contribution is -2.08. The van der Waals surface area contributed by atoms with Gasteiger partial charge in [-0.1, -0.05) is 0 Å². The molecule has 0 N–H and O–H groups in total. The van der Waals surface area contributed by atoms with E-state index in [0.29, 0.717) is 22.4 Å². The van der Waals surface area contributed by atoms with Crippen LogP contribution in [0.3, 0.4) is 0 Å². The quantitative estimate of drug-likeness (QED) is 0.800. The van der Waals surface area contributed by atoms with Crippen LogP contribution in [-0.2, 0) is 0 Å². The molecule has 0 saturated heterocycles. The Morgan fingerprint density at radius 1 is 1.15 bits per heavy atom. The molecule has 104 valence electrons. The van der Waals surface area contributed by atoms with Gasteiger partial charge in [0.05, 0.1) is 12.3 Å². The van der Waals surface area contributed by atoms with Gasteiger partial charge in [0.25, 0.3) is 0 Å². The van der Waals surface area contributed by atoms with E-state index < -0.39 is 5.82 Å². The van der Waals surface area contributed by atoms with Gasteiger partial charge in [-0.3, -0.25) is 9.78 Å². The first-order valence-corrected chi connectivity index (χ1v) is 6.39. The fraction of sp³-hybridized carbons (Fsp3) is 0.250. The maximum absolute atomic E-state index is 13.4. The first kappa shape index (κ1) is 14.2. The van der Waals surface area contributed by atoms with Gasteiger partial charge in [0.1, 0.15) is 11.6 Å². The molecule has 3 nitrogen and oxygen atoms in total. The van der Waals surface area contributed by atoms with Gasteiger partial charge in [-0.15, -0.1) is 0 Å². The van der Waals surface area contributed by atoms with E-state index in [2.05, 4.69) is 4.98 Å². The van der Waals surface area contributed by atoms with Crippen LogP contribution in [0.25, 0.3) is 0 Å². The lowest BCUT2D eigenvalue weighted by atomic mass is 10.0. The van der Waals surface area contributed by atoms with E-state index in [1.165, 1.54) is 18.3 Å². The molecule has 0 aliphatic rings. The fourth-order valence-corrected chi connectivity index (χ4v) is 1.91. The number of hydrogen-bond donors (Lipinski definition) is 0. The lowest BCUT2D eigenvalue weighted by Gasteiger charge is -2.10. The summed E-state index contributed by atoms with van der Waals surface area (Å²) in [5.41, 5.74) is 1.40. The van der Waals surface area contributed by atoms with Crippen LogP contribution < -0.4 is 4.74 Å². The highest BCUT2D eigenvalue weighted by Gasteiger charge is 2.12. The Bertz CT molecular complexity index is 618. The summed E-state index contributed by atoms with van der Waals surface area (Å²) in [6.07, 6.45) is 3.00. The smallest absolute Gasteiger partial charge is 0.194 e. The molecule has 0 spiro atoms. The first-order valence-electron chi connectivity index (χ1n) is 6.39. The SMILES string of the molecule is Cc1cc(F)cc(C(=O)c2cncc(OC(C)C)c2)c1. The van der Waals surface area contributed by atoms with Crippen LogP contribution in [0.2, 0.25) is 0 Å². The van der Waals surface area contributed by atoms with E-state index in [1.54, 1.807) is 25.3 Å². The predicted octanol–water partition coefficient (Wildman–Crippen LogP) is 3.55. The minimum absolute atomic E-state index is 0.00133. The Kier molecular flexibility index (Phi) is 4.13. The molecule has 0 radical (unpaired) electrons. The molecule has 2 rings (SSSR count). The zero-order chi connectivity index (χ0) is 14.7. The van der Waals surface area contributed by atoms with Crippen molar-refractivity contribution in [1.82, 2.24) is 4.98 Å². The summed E-state index contributed by atoms with van der Waals surface area (Å²) in [6.45, 7) is 5.53. The van der Waals surface area contributed by atoms with Crippen molar-refractivity contribution >= 4 is 5.78 Å². The number of ether oxygens (including phenoxy) is 1. The van der Waals surface area contributed by atoms with Gasteiger partial charge in [-0.05, 0) is 50.6 Å². The van der Waals surface area contributed by atoms with Crippen molar-refractivity contribution in [3.63, 3.8) is 0 Å². The number of benzene rings is 1. The van der Waals surface area contributed by atoms with E-state index >= 15 is 0 Å². The average molecular weight is 273 g/mol. The van der Waals surface area contributed by atoms with E-state index in [1.807, 2.05) is 13.8 Å². The van der Waals surface area contributed by atoms with Gasteiger partial charge in [0.15, 0.2) is 5.78 Å². The monoisotopic (exact) mass is 273 g/mol. The third-order valence-electron chi connectivity index (χ3n) is 2.65. The number of carbonyl (C=O) groups excluding carboxylic acids is 1. The van der Waals surface area contributed by atoms with Crippen molar-refractivity contribution in [2.45, 2.75) is 26.9 Å². The van der Waals surface area contributed by atoms with Crippen LogP contribution in [-0.4, -0.2) is 16.9 Å². The van der Waals surface area contributed by atoms with Crippen molar-refractivity contribution in [3.05, 3.63) is 59.2 Å². The number of rotatable bonds is 4.